The summed E-state index contributed by atoms with van der Waals surface area (Å²) in [5.41, 5.74) is 1.79. The first-order valence-corrected chi connectivity index (χ1v) is 5.53. The van der Waals surface area contributed by atoms with Crippen LogP contribution in [0.15, 0.2) is 48.8 Å². The van der Waals surface area contributed by atoms with Crippen molar-refractivity contribution in [2.75, 3.05) is 7.11 Å². The van der Waals surface area contributed by atoms with E-state index in [1.807, 2.05) is 35.2 Å². The van der Waals surface area contributed by atoms with Crippen LogP contribution in [0.2, 0.25) is 0 Å². The van der Waals surface area contributed by atoms with Crippen LogP contribution in [0.1, 0.15) is 28.9 Å². The van der Waals surface area contributed by atoms with Gasteiger partial charge in [0.15, 0.2) is 0 Å². The first-order chi connectivity index (χ1) is 8.22. The lowest BCUT2D eigenvalue weighted by molar-refractivity contribution is 0.0600. The van der Waals surface area contributed by atoms with Crippen LogP contribution in [-0.2, 0) is 4.74 Å². The van der Waals surface area contributed by atoms with Crippen LogP contribution < -0.4 is 0 Å². The van der Waals surface area contributed by atoms with Crippen LogP contribution in [0.4, 0.5) is 0 Å². The van der Waals surface area contributed by atoms with E-state index in [9.17, 15) is 4.79 Å². The number of aromatic nitrogens is 1. The second kappa shape index (κ2) is 4.87. The maximum Gasteiger partial charge on any atom is 0.339 e. The summed E-state index contributed by atoms with van der Waals surface area (Å²) < 4.78 is 6.68. The van der Waals surface area contributed by atoms with E-state index in [0.29, 0.717) is 5.56 Å². The number of nitrogens with zero attached hydrogens (tertiary/aromatic N) is 1. The number of methoxy groups -OCH3 is 1. The van der Waals surface area contributed by atoms with Gasteiger partial charge in [-0.1, -0.05) is 30.3 Å². The number of carbonyl (C=O) groups is 1. The summed E-state index contributed by atoms with van der Waals surface area (Å²) in [5, 5.41) is 0. The maximum atomic E-state index is 11.4. The van der Waals surface area contributed by atoms with Gasteiger partial charge in [-0.15, -0.1) is 0 Å². The fourth-order valence-corrected chi connectivity index (χ4v) is 1.80. The molecule has 3 nitrogen and oxygen atoms in total. The number of benzene rings is 1. The van der Waals surface area contributed by atoms with Crippen molar-refractivity contribution in [3.8, 4) is 0 Å². The zero-order valence-corrected chi connectivity index (χ0v) is 9.96. The molecule has 17 heavy (non-hydrogen) atoms. The Morgan fingerprint density at radius 3 is 2.59 bits per heavy atom. The first kappa shape index (κ1) is 11.5. The average molecular weight is 229 g/mol. The highest BCUT2D eigenvalue weighted by atomic mass is 16.5. The lowest BCUT2D eigenvalue weighted by atomic mass is 10.1. The Bertz CT molecular complexity index is 502. The van der Waals surface area contributed by atoms with Gasteiger partial charge in [0.1, 0.15) is 0 Å². The highest BCUT2D eigenvalue weighted by molar-refractivity contribution is 5.89. The predicted molar refractivity (Wildman–Crippen MR) is 66.0 cm³/mol. The Kier molecular flexibility index (Phi) is 3.28. The fourth-order valence-electron chi connectivity index (χ4n) is 1.80. The Balaban J connectivity index is 2.23. The van der Waals surface area contributed by atoms with Crippen molar-refractivity contribution in [2.24, 2.45) is 0 Å². The molecule has 1 aromatic heterocycles. The standard InChI is InChI=1S/C14H15NO2/c1-11(12-6-4-3-5-7-12)15-9-8-13(10-15)14(16)17-2/h3-11H,1-2H3. The lowest BCUT2D eigenvalue weighted by Gasteiger charge is -2.13. The molecule has 0 aliphatic rings. The summed E-state index contributed by atoms with van der Waals surface area (Å²) in [6.45, 7) is 2.09. The van der Waals surface area contributed by atoms with E-state index in [4.69, 9.17) is 0 Å². The molecule has 1 aromatic carbocycles. The minimum Gasteiger partial charge on any atom is -0.465 e. The van der Waals surface area contributed by atoms with Crippen molar-refractivity contribution in [3.63, 3.8) is 0 Å². The van der Waals surface area contributed by atoms with E-state index >= 15 is 0 Å². The molecular weight excluding hydrogens is 214 g/mol. The molecule has 1 unspecified atom stereocenters. The molecule has 3 heteroatoms. The number of hydrogen-bond acceptors (Lipinski definition) is 2. The first-order valence-electron chi connectivity index (χ1n) is 5.53. The number of carbonyl (C=O) groups excluding carboxylic acids is 1. The second-order valence-electron chi connectivity index (χ2n) is 3.93. The monoisotopic (exact) mass is 229 g/mol. The quantitative estimate of drug-likeness (QED) is 0.758. The zero-order chi connectivity index (χ0) is 12.3. The van der Waals surface area contributed by atoms with Gasteiger partial charge in [0.05, 0.1) is 18.7 Å². The molecule has 0 aliphatic heterocycles. The molecule has 0 bridgehead atoms. The molecule has 0 spiro atoms. The van der Waals surface area contributed by atoms with Crippen LogP contribution in [0.5, 0.6) is 0 Å². The van der Waals surface area contributed by atoms with Gasteiger partial charge < -0.3 is 9.30 Å². The Hall–Kier alpha value is -2.03. The highest BCUT2D eigenvalue weighted by Gasteiger charge is 2.11. The average Bonchev–Trinajstić information content (AvgIpc) is 2.87. The van der Waals surface area contributed by atoms with Gasteiger partial charge in [0.25, 0.3) is 0 Å². The van der Waals surface area contributed by atoms with E-state index in [2.05, 4.69) is 23.8 Å². The largest absolute Gasteiger partial charge is 0.465 e. The number of rotatable bonds is 3. The van der Waals surface area contributed by atoms with Crippen LogP contribution in [0, 0.1) is 0 Å². The van der Waals surface area contributed by atoms with Crippen molar-refractivity contribution in [3.05, 3.63) is 59.9 Å². The van der Waals surface area contributed by atoms with Crippen LogP contribution in [0.25, 0.3) is 0 Å². The third kappa shape index (κ3) is 2.38. The Labute approximate surface area is 101 Å². The second-order valence-corrected chi connectivity index (χ2v) is 3.93. The fraction of sp³-hybridized carbons (Fsp3) is 0.214. The molecule has 0 aliphatic carbocycles. The zero-order valence-electron chi connectivity index (χ0n) is 9.96. The Morgan fingerprint density at radius 1 is 1.24 bits per heavy atom. The maximum absolute atomic E-state index is 11.4. The molecule has 1 atom stereocenters. The molecule has 2 aromatic rings. The highest BCUT2D eigenvalue weighted by Crippen LogP contribution is 2.18. The van der Waals surface area contributed by atoms with Gasteiger partial charge in [-0.3, -0.25) is 0 Å². The van der Waals surface area contributed by atoms with Crippen molar-refractivity contribution in [1.82, 2.24) is 4.57 Å². The molecule has 0 fully saturated rings. The van der Waals surface area contributed by atoms with Gasteiger partial charge in [-0.2, -0.15) is 0 Å². The van der Waals surface area contributed by atoms with Crippen LogP contribution in [0.3, 0.4) is 0 Å². The van der Waals surface area contributed by atoms with E-state index in [-0.39, 0.29) is 12.0 Å². The van der Waals surface area contributed by atoms with Crippen molar-refractivity contribution in [1.29, 1.82) is 0 Å². The summed E-state index contributed by atoms with van der Waals surface area (Å²) in [7, 11) is 1.39. The molecule has 2 rings (SSSR count). The lowest BCUT2D eigenvalue weighted by Crippen LogP contribution is -2.05. The van der Waals surface area contributed by atoms with Gasteiger partial charge in [0, 0.05) is 12.4 Å². The molecule has 0 radical (unpaired) electrons. The van der Waals surface area contributed by atoms with Gasteiger partial charge >= 0.3 is 5.97 Å². The SMILES string of the molecule is COC(=O)c1ccn(C(C)c2ccccc2)c1. The molecule has 1 heterocycles. The minimum atomic E-state index is -0.302. The van der Waals surface area contributed by atoms with Crippen LogP contribution in [-0.4, -0.2) is 17.6 Å². The topological polar surface area (TPSA) is 31.2 Å². The van der Waals surface area contributed by atoms with E-state index in [0.717, 1.165) is 0 Å². The third-order valence-corrected chi connectivity index (χ3v) is 2.86. The molecular formula is C14H15NO2. The van der Waals surface area contributed by atoms with E-state index in [1.165, 1.54) is 12.7 Å². The smallest absolute Gasteiger partial charge is 0.339 e. The number of hydrogen-bond donors (Lipinski definition) is 0. The summed E-state index contributed by atoms with van der Waals surface area (Å²) >= 11 is 0. The summed E-state index contributed by atoms with van der Waals surface area (Å²) in [4.78, 5) is 11.4. The normalized spacial score (nSPS) is 12.1. The van der Waals surface area contributed by atoms with E-state index in [1.54, 1.807) is 6.07 Å². The molecule has 0 saturated heterocycles. The molecule has 0 saturated carbocycles. The van der Waals surface area contributed by atoms with Crippen molar-refractivity contribution >= 4 is 5.97 Å². The summed E-state index contributed by atoms with van der Waals surface area (Å²) in [6.07, 6.45) is 3.70. The summed E-state index contributed by atoms with van der Waals surface area (Å²) in [5.74, 6) is -0.302. The van der Waals surface area contributed by atoms with Gasteiger partial charge in [-0.25, -0.2) is 4.79 Å². The number of ether oxygens (including phenoxy) is 1. The van der Waals surface area contributed by atoms with Crippen molar-refractivity contribution in [2.45, 2.75) is 13.0 Å². The third-order valence-electron chi connectivity index (χ3n) is 2.86. The number of esters is 1. The van der Waals surface area contributed by atoms with Crippen molar-refractivity contribution < 1.29 is 9.53 Å². The molecule has 88 valence electrons. The minimum absolute atomic E-state index is 0.203. The summed E-state index contributed by atoms with van der Waals surface area (Å²) in [6, 6.07) is 12.1. The van der Waals surface area contributed by atoms with Gasteiger partial charge in [-0.05, 0) is 18.6 Å². The Morgan fingerprint density at radius 2 is 1.94 bits per heavy atom. The van der Waals surface area contributed by atoms with E-state index < -0.39 is 0 Å². The predicted octanol–water partition coefficient (Wildman–Crippen LogP) is 2.88. The molecule has 0 N–H and O–H groups in total. The van der Waals surface area contributed by atoms with Gasteiger partial charge in [0.2, 0.25) is 0 Å². The van der Waals surface area contributed by atoms with Crippen LogP contribution >= 0.6 is 0 Å². The molecule has 0 amide bonds.